The largest absolute Gasteiger partial charge is 0.494 e. The monoisotopic (exact) mass is 406 g/mol. The highest BCUT2D eigenvalue weighted by Crippen LogP contribution is 2.26. The lowest BCUT2D eigenvalue weighted by Gasteiger charge is -2.21. The van der Waals surface area contributed by atoms with E-state index in [0.29, 0.717) is 13.0 Å². The van der Waals surface area contributed by atoms with E-state index < -0.39 is 17.9 Å². The van der Waals surface area contributed by atoms with Gasteiger partial charge >= 0.3 is 11.9 Å². The van der Waals surface area contributed by atoms with Gasteiger partial charge in [-0.2, -0.15) is 0 Å². The van der Waals surface area contributed by atoms with Crippen molar-refractivity contribution < 1.29 is 24.5 Å². The molecule has 5 nitrogen and oxygen atoms in total. The fourth-order valence-corrected chi connectivity index (χ4v) is 3.61. The molecular formula is C24H38O5. The van der Waals surface area contributed by atoms with Crippen LogP contribution in [0, 0.1) is 11.8 Å². The zero-order valence-electron chi connectivity index (χ0n) is 18.1. The van der Waals surface area contributed by atoms with Crippen LogP contribution in [0.4, 0.5) is 0 Å². The predicted molar refractivity (Wildman–Crippen MR) is 115 cm³/mol. The van der Waals surface area contributed by atoms with Crippen LogP contribution < -0.4 is 4.74 Å². The first-order valence-corrected chi connectivity index (χ1v) is 11.1. The summed E-state index contributed by atoms with van der Waals surface area (Å²) in [5.74, 6) is -1.86. The fourth-order valence-electron chi connectivity index (χ4n) is 3.61. The van der Waals surface area contributed by atoms with Gasteiger partial charge in [-0.15, -0.1) is 0 Å². The Balaban J connectivity index is 2.70. The van der Waals surface area contributed by atoms with Crippen LogP contribution in [0.3, 0.4) is 0 Å². The number of ether oxygens (including phenoxy) is 1. The number of benzene rings is 1. The smallest absolute Gasteiger partial charge is 0.307 e. The third-order valence-electron chi connectivity index (χ3n) is 5.32. The Morgan fingerprint density at radius 2 is 1.59 bits per heavy atom. The molecule has 0 bridgehead atoms. The molecule has 2 unspecified atom stereocenters. The Morgan fingerprint density at radius 1 is 0.931 bits per heavy atom. The minimum absolute atomic E-state index is 0.170. The van der Waals surface area contributed by atoms with Crippen LogP contribution >= 0.6 is 0 Å². The summed E-state index contributed by atoms with van der Waals surface area (Å²) >= 11 is 0. The summed E-state index contributed by atoms with van der Waals surface area (Å²) in [5.41, 5.74) is 1.14. The average molecular weight is 407 g/mol. The van der Waals surface area contributed by atoms with Crippen LogP contribution in [-0.4, -0.2) is 28.8 Å². The van der Waals surface area contributed by atoms with Crippen molar-refractivity contribution in [2.45, 2.75) is 84.5 Å². The Morgan fingerprint density at radius 3 is 2.17 bits per heavy atom. The maximum absolute atomic E-state index is 11.5. The number of rotatable bonds is 17. The highest BCUT2D eigenvalue weighted by Gasteiger charge is 2.25. The first-order valence-electron chi connectivity index (χ1n) is 11.1. The molecule has 0 saturated carbocycles. The fraction of sp³-hybridized carbons (Fsp3) is 0.667. The van der Waals surface area contributed by atoms with Crippen molar-refractivity contribution in [3.05, 3.63) is 29.8 Å². The van der Waals surface area contributed by atoms with Gasteiger partial charge in [0.15, 0.2) is 0 Å². The molecule has 0 spiro atoms. The van der Waals surface area contributed by atoms with Gasteiger partial charge in [0, 0.05) is 0 Å². The second-order valence-corrected chi connectivity index (χ2v) is 7.99. The van der Waals surface area contributed by atoms with E-state index >= 15 is 0 Å². The molecule has 0 aliphatic heterocycles. The molecule has 29 heavy (non-hydrogen) atoms. The molecule has 164 valence electrons. The lowest BCUT2D eigenvalue weighted by atomic mass is 9.84. The molecule has 1 aromatic carbocycles. The zero-order valence-corrected chi connectivity index (χ0v) is 18.1. The van der Waals surface area contributed by atoms with Crippen molar-refractivity contribution in [2.24, 2.45) is 11.8 Å². The predicted octanol–water partition coefficient (Wildman–Crippen LogP) is 5.95. The minimum Gasteiger partial charge on any atom is -0.494 e. The molecule has 0 fully saturated rings. The number of carboxylic acid groups (broad SMARTS) is 2. The first-order chi connectivity index (χ1) is 14.0. The van der Waals surface area contributed by atoms with Gasteiger partial charge in [0.25, 0.3) is 0 Å². The molecular weight excluding hydrogens is 368 g/mol. The van der Waals surface area contributed by atoms with E-state index in [9.17, 15) is 14.7 Å². The van der Waals surface area contributed by atoms with Crippen molar-refractivity contribution in [1.29, 1.82) is 0 Å². The van der Waals surface area contributed by atoms with Gasteiger partial charge in [-0.1, -0.05) is 70.9 Å². The second-order valence-electron chi connectivity index (χ2n) is 7.99. The Bertz CT molecular complexity index is 581. The van der Waals surface area contributed by atoms with Gasteiger partial charge in [0.05, 0.1) is 18.9 Å². The third-order valence-corrected chi connectivity index (χ3v) is 5.32. The number of hydrogen-bond acceptors (Lipinski definition) is 3. The summed E-state index contributed by atoms with van der Waals surface area (Å²) in [6.45, 7) is 5.02. The number of carboxylic acids is 2. The number of hydrogen-bond donors (Lipinski definition) is 2. The molecule has 0 aliphatic rings. The van der Waals surface area contributed by atoms with Gasteiger partial charge < -0.3 is 14.9 Å². The molecule has 5 heteroatoms. The van der Waals surface area contributed by atoms with E-state index in [2.05, 4.69) is 13.8 Å². The van der Waals surface area contributed by atoms with Gasteiger partial charge in [0.2, 0.25) is 0 Å². The topological polar surface area (TPSA) is 83.8 Å². The van der Waals surface area contributed by atoms with Crippen LogP contribution in [0.2, 0.25) is 0 Å². The summed E-state index contributed by atoms with van der Waals surface area (Å²) in [6.07, 6.45) is 9.74. The minimum atomic E-state index is -1.05. The lowest BCUT2D eigenvalue weighted by Crippen LogP contribution is -2.22. The highest BCUT2D eigenvalue weighted by molar-refractivity contribution is 5.77. The Hall–Kier alpha value is -2.04. The number of aliphatic carboxylic acids is 2. The van der Waals surface area contributed by atoms with Crippen LogP contribution in [0.15, 0.2) is 24.3 Å². The normalized spacial score (nSPS) is 13.0. The summed E-state index contributed by atoms with van der Waals surface area (Å²) in [6, 6.07) is 8.02. The Labute approximate surface area is 175 Å². The summed E-state index contributed by atoms with van der Waals surface area (Å²) in [7, 11) is 0. The maximum Gasteiger partial charge on any atom is 0.307 e. The highest BCUT2D eigenvalue weighted by atomic mass is 16.5. The molecule has 0 amide bonds. The average Bonchev–Trinajstić information content (AvgIpc) is 2.68. The van der Waals surface area contributed by atoms with Gasteiger partial charge in [-0.25, -0.2) is 0 Å². The second kappa shape index (κ2) is 14.9. The van der Waals surface area contributed by atoms with E-state index in [1.54, 1.807) is 0 Å². The molecule has 1 rings (SSSR count). The maximum atomic E-state index is 11.5. The van der Waals surface area contributed by atoms with Crippen molar-refractivity contribution >= 4 is 11.9 Å². The van der Waals surface area contributed by atoms with Crippen molar-refractivity contribution in [3.8, 4) is 5.75 Å². The molecule has 0 heterocycles. The zero-order chi connectivity index (χ0) is 21.5. The van der Waals surface area contributed by atoms with Gasteiger partial charge in [0.1, 0.15) is 5.75 Å². The van der Waals surface area contributed by atoms with Gasteiger partial charge in [-0.3, -0.25) is 9.59 Å². The van der Waals surface area contributed by atoms with E-state index in [0.717, 1.165) is 49.8 Å². The lowest BCUT2D eigenvalue weighted by molar-refractivity contribution is -0.148. The Kier molecular flexibility index (Phi) is 12.8. The standard InChI is InChI=1S/C24H38O5/c1-3-5-7-8-9-10-20(17-21(24(27)28)18-23(25)26)16-19-11-13-22(14-12-19)29-15-6-4-2/h11-14,20-21H,3-10,15-18H2,1-2H3,(H,25,26)(H,27,28). The van der Waals surface area contributed by atoms with Crippen LogP contribution in [0.1, 0.15) is 83.6 Å². The van der Waals surface area contributed by atoms with Crippen LogP contribution in [-0.2, 0) is 16.0 Å². The summed E-state index contributed by atoms with van der Waals surface area (Å²) < 4.78 is 5.71. The molecule has 0 saturated heterocycles. The molecule has 2 atom stereocenters. The molecule has 0 radical (unpaired) electrons. The van der Waals surface area contributed by atoms with Crippen molar-refractivity contribution in [3.63, 3.8) is 0 Å². The van der Waals surface area contributed by atoms with E-state index in [4.69, 9.17) is 9.84 Å². The third kappa shape index (κ3) is 11.5. The summed E-state index contributed by atoms with van der Waals surface area (Å²) in [4.78, 5) is 22.6. The summed E-state index contributed by atoms with van der Waals surface area (Å²) in [5, 5.41) is 18.5. The van der Waals surface area contributed by atoms with Crippen molar-refractivity contribution in [2.75, 3.05) is 6.61 Å². The SMILES string of the molecule is CCCCCCCC(Cc1ccc(OCCCC)cc1)CC(CC(=O)O)C(=O)O. The van der Waals surface area contributed by atoms with Crippen molar-refractivity contribution in [1.82, 2.24) is 0 Å². The number of carbonyl (C=O) groups is 2. The van der Waals surface area contributed by atoms with E-state index in [1.807, 2.05) is 24.3 Å². The first kappa shape index (κ1) is 25.0. The van der Waals surface area contributed by atoms with Gasteiger partial charge in [-0.05, 0) is 42.9 Å². The number of unbranched alkanes of at least 4 members (excludes halogenated alkanes) is 5. The molecule has 0 aromatic heterocycles. The van der Waals surface area contributed by atoms with E-state index in [-0.39, 0.29) is 12.3 Å². The molecule has 0 aliphatic carbocycles. The molecule has 1 aromatic rings. The quantitative estimate of drug-likeness (QED) is 0.312. The van der Waals surface area contributed by atoms with Crippen LogP contribution in [0.25, 0.3) is 0 Å². The van der Waals surface area contributed by atoms with E-state index in [1.165, 1.54) is 19.3 Å². The van der Waals surface area contributed by atoms with Crippen LogP contribution in [0.5, 0.6) is 5.75 Å². The molecule has 2 N–H and O–H groups in total.